The number of primary amides is 1. The van der Waals surface area contributed by atoms with E-state index in [0.29, 0.717) is 11.8 Å². The molecule has 6 N–H and O–H groups in total. The zero-order chi connectivity index (χ0) is 27.8. The Balaban J connectivity index is 0.000000248. The van der Waals surface area contributed by atoms with Crippen LogP contribution in [0.2, 0.25) is 0 Å². The summed E-state index contributed by atoms with van der Waals surface area (Å²) in [5.41, 5.74) is 7.67. The minimum Gasteiger partial charge on any atom is -0.480 e. The molecule has 0 aromatic heterocycles. The highest BCUT2D eigenvalue weighted by molar-refractivity contribution is 7.87. The van der Waals surface area contributed by atoms with E-state index in [1.807, 2.05) is 0 Å². The number of nitrogens with two attached hydrogens (primary N) is 1. The highest BCUT2D eigenvalue weighted by atomic mass is 32.2. The number of piperidine rings is 1. The lowest BCUT2D eigenvalue weighted by atomic mass is 9.66. The number of rotatable bonds is 10. The molecule has 4 aliphatic carbocycles. The summed E-state index contributed by atoms with van der Waals surface area (Å²) >= 11 is 0. The third-order valence-electron chi connectivity index (χ3n) is 11.6. The van der Waals surface area contributed by atoms with Gasteiger partial charge in [0.25, 0.3) is 10.2 Å². The van der Waals surface area contributed by atoms with Crippen molar-refractivity contribution in [2.45, 2.75) is 116 Å². The highest BCUT2D eigenvalue weighted by Gasteiger charge is 2.86. The maximum atomic E-state index is 12.4. The standard InChI is InChI=1S/C17H32N4O5S.C11H18/c18-16(22)14(10-12-4-2-1-3-5-12)20-27(25,26)21-15(17(23)24)11-13-6-8-19-9-7-13;1-9(2)10(3)6-4-8-5-7-11(8,9)10/h12-15,19-21H,1-11H2,(H2,18,22)(H,23,24);8H,4-7H2,1-3H3/t;8-,10-,11?/m.1/s1. The second-order valence-electron chi connectivity index (χ2n) is 13.5. The van der Waals surface area contributed by atoms with Gasteiger partial charge in [-0.3, -0.25) is 9.59 Å². The zero-order valence-electron chi connectivity index (χ0n) is 23.6. The summed E-state index contributed by atoms with van der Waals surface area (Å²) in [5.74, 6) is -0.436. The summed E-state index contributed by atoms with van der Waals surface area (Å²) in [7, 11) is -4.17. The molecule has 3 unspecified atom stereocenters. The van der Waals surface area contributed by atoms with E-state index >= 15 is 0 Å². The fraction of sp³-hybridized carbons (Fsp3) is 0.929. The molecule has 0 radical (unpaired) electrons. The van der Waals surface area contributed by atoms with Gasteiger partial charge in [-0.15, -0.1) is 0 Å². The van der Waals surface area contributed by atoms with Gasteiger partial charge in [-0.25, -0.2) is 0 Å². The lowest BCUT2D eigenvalue weighted by Gasteiger charge is -2.38. The number of carbonyl (C=O) groups excluding carboxylic acids is 1. The summed E-state index contributed by atoms with van der Waals surface area (Å²) in [6.07, 6.45) is 13.5. The Kier molecular flexibility index (Phi) is 8.87. The molecule has 10 heteroatoms. The molecule has 1 saturated heterocycles. The van der Waals surface area contributed by atoms with E-state index in [9.17, 15) is 23.1 Å². The molecule has 5 aliphatic rings. The first-order valence-corrected chi connectivity index (χ1v) is 16.3. The molecule has 4 saturated carbocycles. The first-order valence-electron chi connectivity index (χ1n) is 14.9. The number of hydrogen-bond acceptors (Lipinski definition) is 5. The number of aliphatic carboxylic acids is 1. The minimum absolute atomic E-state index is 0.143. The van der Waals surface area contributed by atoms with Crippen LogP contribution in [0.25, 0.3) is 0 Å². The summed E-state index contributed by atoms with van der Waals surface area (Å²) in [6, 6.07) is -2.26. The number of carbonyl (C=O) groups is 2. The number of nitrogens with one attached hydrogen (secondary N) is 3. The monoisotopic (exact) mass is 554 g/mol. The minimum atomic E-state index is -4.17. The number of hydrogen-bond donors (Lipinski definition) is 5. The van der Waals surface area contributed by atoms with Crippen LogP contribution in [-0.2, 0) is 19.8 Å². The van der Waals surface area contributed by atoms with Gasteiger partial charge in [0.1, 0.15) is 12.1 Å². The van der Waals surface area contributed by atoms with Crippen molar-refractivity contribution in [3.8, 4) is 0 Å². The van der Waals surface area contributed by atoms with Crippen LogP contribution in [0.3, 0.4) is 0 Å². The fourth-order valence-electron chi connectivity index (χ4n) is 8.95. The number of carboxylic acids is 1. The van der Waals surface area contributed by atoms with E-state index in [1.165, 1.54) is 6.42 Å². The van der Waals surface area contributed by atoms with E-state index < -0.39 is 34.2 Å². The Bertz CT molecular complexity index is 930. The lowest BCUT2D eigenvalue weighted by molar-refractivity contribution is -0.139. The van der Waals surface area contributed by atoms with E-state index in [1.54, 1.807) is 19.3 Å². The van der Waals surface area contributed by atoms with Crippen LogP contribution in [0.15, 0.2) is 0 Å². The van der Waals surface area contributed by atoms with Crippen molar-refractivity contribution in [3.05, 3.63) is 0 Å². The molecule has 0 aromatic carbocycles. The van der Waals surface area contributed by atoms with Crippen molar-refractivity contribution in [2.24, 2.45) is 39.7 Å². The Morgan fingerprint density at radius 3 is 1.92 bits per heavy atom. The quantitative estimate of drug-likeness (QED) is 0.280. The van der Waals surface area contributed by atoms with E-state index in [4.69, 9.17) is 5.73 Å². The van der Waals surface area contributed by atoms with Gasteiger partial charge in [-0.05, 0) is 98.5 Å². The normalized spacial score (nSPS) is 34.0. The number of carboxylic acid groups (broad SMARTS) is 1. The molecule has 5 fully saturated rings. The maximum absolute atomic E-state index is 12.4. The lowest BCUT2D eigenvalue weighted by Crippen LogP contribution is -2.53. The summed E-state index contributed by atoms with van der Waals surface area (Å²) in [6.45, 7) is 9.13. The third kappa shape index (κ3) is 5.65. The molecule has 1 heterocycles. The van der Waals surface area contributed by atoms with E-state index in [2.05, 4.69) is 35.5 Å². The zero-order valence-corrected chi connectivity index (χ0v) is 24.4. The molecule has 218 valence electrons. The van der Waals surface area contributed by atoms with Gasteiger partial charge in [0.15, 0.2) is 0 Å². The van der Waals surface area contributed by atoms with Crippen LogP contribution in [0.4, 0.5) is 0 Å². The van der Waals surface area contributed by atoms with Crippen LogP contribution in [0.5, 0.6) is 0 Å². The summed E-state index contributed by atoms with van der Waals surface area (Å²) in [4.78, 5) is 23.3. The van der Waals surface area contributed by atoms with Gasteiger partial charge in [0.2, 0.25) is 5.91 Å². The van der Waals surface area contributed by atoms with Crippen LogP contribution >= 0.6 is 0 Å². The van der Waals surface area contributed by atoms with Crippen molar-refractivity contribution in [3.63, 3.8) is 0 Å². The second kappa shape index (κ2) is 11.3. The van der Waals surface area contributed by atoms with E-state index in [0.717, 1.165) is 74.8 Å². The fourth-order valence-corrected chi connectivity index (χ4v) is 10.2. The van der Waals surface area contributed by atoms with Gasteiger partial charge in [0.05, 0.1) is 0 Å². The molecule has 38 heavy (non-hydrogen) atoms. The van der Waals surface area contributed by atoms with Crippen LogP contribution in [0, 0.1) is 34.0 Å². The smallest absolute Gasteiger partial charge is 0.321 e. The van der Waals surface area contributed by atoms with Crippen molar-refractivity contribution < 1.29 is 23.1 Å². The molecule has 0 bridgehead atoms. The molecule has 1 aliphatic heterocycles. The maximum Gasteiger partial charge on any atom is 0.321 e. The molecule has 5 rings (SSSR count). The topological polar surface area (TPSA) is 151 Å². The van der Waals surface area contributed by atoms with Gasteiger partial charge in [-0.1, -0.05) is 52.9 Å². The van der Waals surface area contributed by atoms with Crippen molar-refractivity contribution in [1.82, 2.24) is 14.8 Å². The summed E-state index contributed by atoms with van der Waals surface area (Å²) in [5, 5.41) is 12.6. The Morgan fingerprint density at radius 2 is 1.45 bits per heavy atom. The molecule has 5 atom stereocenters. The molecule has 1 amide bonds. The van der Waals surface area contributed by atoms with Crippen molar-refractivity contribution >= 4 is 22.1 Å². The molecule has 0 aromatic rings. The van der Waals surface area contributed by atoms with Gasteiger partial charge < -0.3 is 16.2 Å². The van der Waals surface area contributed by atoms with Crippen molar-refractivity contribution in [1.29, 1.82) is 0 Å². The van der Waals surface area contributed by atoms with Crippen LogP contribution in [0.1, 0.15) is 104 Å². The van der Waals surface area contributed by atoms with Crippen LogP contribution in [-0.4, -0.2) is 50.6 Å². The third-order valence-corrected chi connectivity index (χ3v) is 12.7. The summed E-state index contributed by atoms with van der Waals surface area (Å²) < 4.78 is 29.3. The predicted octanol–water partition coefficient (Wildman–Crippen LogP) is 3.30. The Morgan fingerprint density at radius 1 is 0.895 bits per heavy atom. The van der Waals surface area contributed by atoms with Gasteiger partial charge in [-0.2, -0.15) is 17.9 Å². The van der Waals surface area contributed by atoms with Gasteiger partial charge in [0, 0.05) is 0 Å². The Labute approximate surface area is 229 Å². The molecule has 9 nitrogen and oxygen atoms in total. The highest BCUT2D eigenvalue weighted by Crippen LogP contribution is 2.92. The van der Waals surface area contributed by atoms with Crippen molar-refractivity contribution in [2.75, 3.05) is 13.1 Å². The first kappa shape index (κ1) is 29.7. The average molecular weight is 555 g/mol. The van der Waals surface area contributed by atoms with E-state index in [-0.39, 0.29) is 18.3 Å². The number of amides is 1. The SMILES string of the molecule is CC1(C)C23CC[C@H]2CC[C@]13C.NC(=O)C(CC1CCCCC1)NS(=O)(=O)NC(CC1CCNCC1)C(=O)O. The second-order valence-corrected chi connectivity index (χ2v) is 14.9. The predicted molar refractivity (Wildman–Crippen MR) is 147 cm³/mol. The largest absolute Gasteiger partial charge is 0.480 e. The average Bonchev–Trinajstić information content (AvgIpc) is 3.14. The van der Waals surface area contributed by atoms with Crippen LogP contribution < -0.4 is 20.5 Å². The molecule has 1 spiro atoms. The van der Waals surface area contributed by atoms with Gasteiger partial charge >= 0.3 is 5.97 Å². The first-order chi connectivity index (χ1) is 17.8. The molecular formula is C28H50N4O5S. The Hall–Kier alpha value is -1.23. The molecular weight excluding hydrogens is 504 g/mol.